The highest BCUT2D eigenvalue weighted by Crippen LogP contribution is 2.27. The lowest BCUT2D eigenvalue weighted by molar-refractivity contribution is -0.138. The number of nitrogens with zero attached hydrogens (tertiary/aromatic N) is 4. The molecule has 1 fully saturated rings. The molecule has 3 rings (SSSR count). The average Bonchev–Trinajstić information content (AvgIpc) is 2.84. The molecule has 1 aromatic carbocycles. The van der Waals surface area contributed by atoms with E-state index >= 15 is 0 Å². The summed E-state index contributed by atoms with van der Waals surface area (Å²) in [5, 5.41) is 13.3. The number of likely N-dealkylation sites (tertiary alicyclic amines) is 1. The van der Waals surface area contributed by atoms with E-state index in [2.05, 4.69) is 5.10 Å². The van der Waals surface area contributed by atoms with E-state index in [1.807, 2.05) is 35.2 Å². The van der Waals surface area contributed by atoms with Crippen LogP contribution in [0.4, 0.5) is 0 Å². The van der Waals surface area contributed by atoms with Gasteiger partial charge in [-0.2, -0.15) is 5.10 Å². The van der Waals surface area contributed by atoms with E-state index in [1.165, 1.54) is 4.68 Å². The Kier molecular flexibility index (Phi) is 4.29. The van der Waals surface area contributed by atoms with Gasteiger partial charge < -0.3 is 5.11 Å². The van der Waals surface area contributed by atoms with Crippen LogP contribution in [-0.2, 0) is 11.8 Å². The van der Waals surface area contributed by atoms with E-state index in [9.17, 15) is 9.59 Å². The van der Waals surface area contributed by atoms with Gasteiger partial charge in [0, 0.05) is 13.0 Å². The van der Waals surface area contributed by atoms with Crippen molar-refractivity contribution in [1.29, 1.82) is 0 Å². The number of benzene rings is 1. The number of carbonyl (C=O) groups is 1. The van der Waals surface area contributed by atoms with E-state index in [-0.39, 0.29) is 18.2 Å². The zero-order valence-corrected chi connectivity index (χ0v) is 13.1. The summed E-state index contributed by atoms with van der Waals surface area (Å²) < 4.78 is 3.03. The standard InChI is InChI=1S/C16H20N4O3/c1-18-16(23)20(13-5-3-2-4-6-13)15(17-18)12-7-9-19(10-8-12)11-14(21)22/h2-6,12H,7-11H2,1H3,(H,21,22). The van der Waals surface area contributed by atoms with Crippen molar-refractivity contribution in [3.05, 3.63) is 46.6 Å². The summed E-state index contributed by atoms with van der Waals surface area (Å²) in [6, 6.07) is 9.50. The summed E-state index contributed by atoms with van der Waals surface area (Å²) in [6.45, 7) is 1.48. The van der Waals surface area contributed by atoms with Crippen LogP contribution in [0.5, 0.6) is 0 Å². The van der Waals surface area contributed by atoms with Gasteiger partial charge in [-0.3, -0.25) is 9.69 Å². The molecule has 1 N–H and O–H groups in total. The third-order valence-electron chi connectivity index (χ3n) is 4.28. The minimum atomic E-state index is -0.803. The van der Waals surface area contributed by atoms with Gasteiger partial charge in [-0.25, -0.2) is 14.0 Å². The lowest BCUT2D eigenvalue weighted by Crippen LogP contribution is -2.37. The highest BCUT2D eigenvalue weighted by atomic mass is 16.4. The normalized spacial score (nSPS) is 16.6. The first-order valence-corrected chi connectivity index (χ1v) is 7.72. The van der Waals surface area contributed by atoms with Crippen molar-refractivity contribution in [3.63, 3.8) is 0 Å². The third-order valence-corrected chi connectivity index (χ3v) is 4.28. The van der Waals surface area contributed by atoms with Crippen LogP contribution >= 0.6 is 0 Å². The average molecular weight is 316 g/mol. The smallest absolute Gasteiger partial charge is 0.350 e. The fraction of sp³-hybridized carbons (Fsp3) is 0.438. The first-order valence-electron chi connectivity index (χ1n) is 7.72. The monoisotopic (exact) mass is 316 g/mol. The van der Waals surface area contributed by atoms with E-state index < -0.39 is 5.97 Å². The number of carboxylic acid groups (broad SMARTS) is 1. The van der Waals surface area contributed by atoms with Gasteiger partial charge in [0.1, 0.15) is 5.82 Å². The third kappa shape index (κ3) is 3.19. The molecule has 7 nitrogen and oxygen atoms in total. The Hall–Kier alpha value is -2.41. The van der Waals surface area contributed by atoms with Gasteiger partial charge >= 0.3 is 11.7 Å². The summed E-state index contributed by atoms with van der Waals surface area (Å²) in [6.07, 6.45) is 1.60. The van der Waals surface area contributed by atoms with Crippen LogP contribution in [0.15, 0.2) is 35.1 Å². The number of para-hydroxylation sites is 1. The molecular weight excluding hydrogens is 296 g/mol. The second-order valence-corrected chi connectivity index (χ2v) is 5.88. The van der Waals surface area contributed by atoms with Gasteiger partial charge in [0.05, 0.1) is 12.2 Å². The molecule has 1 aromatic heterocycles. The van der Waals surface area contributed by atoms with Crippen LogP contribution in [0.3, 0.4) is 0 Å². The molecule has 23 heavy (non-hydrogen) atoms. The van der Waals surface area contributed by atoms with Crippen molar-refractivity contribution in [1.82, 2.24) is 19.2 Å². The van der Waals surface area contributed by atoms with Crippen molar-refractivity contribution in [2.45, 2.75) is 18.8 Å². The number of hydrogen-bond donors (Lipinski definition) is 1. The van der Waals surface area contributed by atoms with E-state index in [1.54, 1.807) is 11.6 Å². The van der Waals surface area contributed by atoms with Crippen molar-refractivity contribution in [2.75, 3.05) is 19.6 Å². The van der Waals surface area contributed by atoms with Crippen LogP contribution in [0, 0.1) is 0 Å². The molecule has 2 aromatic rings. The summed E-state index contributed by atoms with van der Waals surface area (Å²) in [5.41, 5.74) is 0.660. The lowest BCUT2D eigenvalue weighted by Gasteiger charge is -2.30. The Morgan fingerprint density at radius 3 is 2.52 bits per heavy atom. The maximum absolute atomic E-state index is 12.4. The van der Waals surface area contributed by atoms with Gasteiger partial charge in [0.15, 0.2) is 0 Å². The summed E-state index contributed by atoms with van der Waals surface area (Å²) in [7, 11) is 1.66. The Labute approximate surface area is 133 Å². The summed E-state index contributed by atoms with van der Waals surface area (Å²) in [4.78, 5) is 25.1. The molecule has 0 bridgehead atoms. The fourth-order valence-corrected chi connectivity index (χ4v) is 3.11. The molecular formula is C16H20N4O3. The Balaban J connectivity index is 1.86. The Morgan fingerprint density at radius 1 is 1.26 bits per heavy atom. The molecule has 0 atom stereocenters. The highest BCUT2D eigenvalue weighted by Gasteiger charge is 2.27. The molecule has 122 valence electrons. The first-order chi connectivity index (χ1) is 11.1. The minimum absolute atomic E-state index is 0.0699. The minimum Gasteiger partial charge on any atom is -0.480 e. The van der Waals surface area contributed by atoms with E-state index in [0.717, 1.165) is 24.4 Å². The maximum Gasteiger partial charge on any atom is 0.350 e. The van der Waals surface area contributed by atoms with Gasteiger partial charge in [-0.05, 0) is 38.1 Å². The summed E-state index contributed by atoms with van der Waals surface area (Å²) in [5.74, 6) is 0.121. The number of aliphatic carboxylic acids is 1. The number of aryl methyl sites for hydroxylation is 1. The Bertz CT molecular complexity index is 742. The van der Waals surface area contributed by atoms with E-state index in [0.29, 0.717) is 13.1 Å². The molecule has 1 aliphatic rings. The highest BCUT2D eigenvalue weighted by molar-refractivity contribution is 5.69. The maximum atomic E-state index is 12.4. The van der Waals surface area contributed by atoms with Crippen molar-refractivity contribution in [2.24, 2.45) is 7.05 Å². The van der Waals surface area contributed by atoms with Crippen LogP contribution in [0.2, 0.25) is 0 Å². The predicted octanol–water partition coefficient (Wildman–Crippen LogP) is 0.835. The number of hydrogen-bond acceptors (Lipinski definition) is 4. The molecule has 0 amide bonds. The fourth-order valence-electron chi connectivity index (χ4n) is 3.11. The number of carboxylic acids is 1. The predicted molar refractivity (Wildman–Crippen MR) is 84.9 cm³/mol. The van der Waals surface area contributed by atoms with Gasteiger partial charge in [0.25, 0.3) is 0 Å². The zero-order chi connectivity index (χ0) is 16.4. The second-order valence-electron chi connectivity index (χ2n) is 5.88. The number of piperidine rings is 1. The molecule has 7 heteroatoms. The topological polar surface area (TPSA) is 80.4 Å². The largest absolute Gasteiger partial charge is 0.480 e. The quantitative estimate of drug-likeness (QED) is 0.904. The van der Waals surface area contributed by atoms with Crippen molar-refractivity contribution in [3.8, 4) is 5.69 Å². The molecule has 0 aliphatic carbocycles. The van der Waals surface area contributed by atoms with Crippen molar-refractivity contribution >= 4 is 5.97 Å². The molecule has 1 saturated heterocycles. The Morgan fingerprint density at radius 2 is 1.91 bits per heavy atom. The second kappa shape index (κ2) is 6.37. The molecule has 0 radical (unpaired) electrons. The molecule has 0 spiro atoms. The van der Waals surface area contributed by atoms with Crippen LogP contribution in [0.25, 0.3) is 5.69 Å². The van der Waals surface area contributed by atoms with Crippen LogP contribution in [0.1, 0.15) is 24.6 Å². The molecule has 0 saturated carbocycles. The van der Waals surface area contributed by atoms with Crippen LogP contribution in [-0.4, -0.2) is 50.0 Å². The van der Waals surface area contributed by atoms with Gasteiger partial charge in [0.2, 0.25) is 0 Å². The SMILES string of the molecule is Cn1nc(C2CCN(CC(=O)O)CC2)n(-c2ccccc2)c1=O. The lowest BCUT2D eigenvalue weighted by atomic mass is 9.96. The van der Waals surface area contributed by atoms with Gasteiger partial charge in [-0.1, -0.05) is 18.2 Å². The molecule has 1 aliphatic heterocycles. The molecule has 0 unspecified atom stereocenters. The number of aromatic nitrogens is 3. The molecule has 2 heterocycles. The van der Waals surface area contributed by atoms with E-state index in [4.69, 9.17) is 5.11 Å². The van der Waals surface area contributed by atoms with Crippen LogP contribution < -0.4 is 5.69 Å². The number of rotatable bonds is 4. The van der Waals surface area contributed by atoms with Crippen molar-refractivity contribution < 1.29 is 9.90 Å². The van der Waals surface area contributed by atoms with Gasteiger partial charge in [-0.15, -0.1) is 0 Å². The zero-order valence-electron chi connectivity index (χ0n) is 13.1. The first kappa shape index (κ1) is 15.5. The summed E-state index contributed by atoms with van der Waals surface area (Å²) >= 11 is 0.